The molecule has 18 heavy (non-hydrogen) atoms. The largest absolute Gasteiger partial charge is 0.465 e. The van der Waals surface area contributed by atoms with Gasteiger partial charge in [0.2, 0.25) is 0 Å². The molecule has 2 nitrogen and oxygen atoms in total. The molecule has 1 aromatic carbocycles. The van der Waals surface area contributed by atoms with E-state index in [2.05, 4.69) is 0 Å². The molecular weight excluding hydrogens is 245 g/mol. The van der Waals surface area contributed by atoms with E-state index in [0.29, 0.717) is 0 Å². The van der Waals surface area contributed by atoms with Crippen molar-refractivity contribution in [3.8, 4) is 0 Å². The molecule has 5 heteroatoms. The number of benzene rings is 1. The summed E-state index contributed by atoms with van der Waals surface area (Å²) in [6.45, 7) is 4.93. The summed E-state index contributed by atoms with van der Waals surface area (Å²) < 4.78 is 42.6. The number of hydrogen-bond acceptors (Lipinski definition) is 2. The molecule has 0 unspecified atom stereocenters. The highest BCUT2D eigenvalue weighted by molar-refractivity contribution is 5.82. The number of carbonyl (C=O) groups is 1. The SMILES string of the molecule is CCOC(=O)C(C)(C)c1cccc(C(F)(F)F)c1. The molecule has 0 heterocycles. The van der Waals surface area contributed by atoms with Crippen molar-refractivity contribution in [2.75, 3.05) is 6.61 Å². The summed E-state index contributed by atoms with van der Waals surface area (Å²) in [6, 6.07) is 4.74. The van der Waals surface area contributed by atoms with E-state index >= 15 is 0 Å². The standard InChI is InChI=1S/C13H15F3O2/c1-4-18-11(17)12(2,3)9-6-5-7-10(8-9)13(14,15)16/h5-8H,4H2,1-3H3. The molecule has 0 aromatic heterocycles. The van der Waals surface area contributed by atoms with Crippen molar-refractivity contribution >= 4 is 5.97 Å². The van der Waals surface area contributed by atoms with Crippen molar-refractivity contribution in [2.24, 2.45) is 0 Å². The van der Waals surface area contributed by atoms with Gasteiger partial charge in [0.15, 0.2) is 0 Å². The highest BCUT2D eigenvalue weighted by Gasteiger charge is 2.35. The third-order valence-electron chi connectivity index (χ3n) is 2.70. The smallest absolute Gasteiger partial charge is 0.416 e. The summed E-state index contributed by atoms with van der Waals surface area (Å²) in [5.41, 5.74) is -1.58. The fourth-order valence-corrected chi connectivity index (χ4v) is 1.51. The summed E-state index contributed by atoms with van der Waals surface area (Å²) >= 11 is 0. The lowest BCUT2D eigenvalue weighted by Crippen LogP contribution is -2.31. The zero-order valence-corrected chi connectivity index (χ0v) is 10.5. The minimum absolute atomic E-state index is 0.196. The Morgan fingerprint density at radius 1 is 1.22 bits per heavy atom. The first-order valence-corrected chi connectivity index (χ1v) is 5.54. The van der Waals surface area contributed by atoms with Gasteiger partial charge in [0, 0.05) is 0 Å². The highest BCUT2D eigenvalue weighted by Crippen LogP contribution is 2.33. The molecule has 1 aromatic rings. The van der Waals surface area contributed by atoms with Crippen molar-refractivity contribution in [3.05, 3.63) is 35.4 Å². The van der Waals surface area contributed by atoms with E-state index in [-0.39, 0.29) is 12.2 Å². The molecule has 0 aliphatic rings. The van der Waals surface area contributed by atoms with Crippen LogP contribution in [0.1, 0.15) is 31.9 Å². The van der Waals surface area contributed by atoms with Crippen LogP contribution in [0.15, 0.2) is 24.3 Å². The molecule has 0 aliphatic carbocycles. The summed E-state index contributed by atoms with van der Waals surface area (Å²) in [7, 11) is 0. The van der Waals surface area contributed by atoms with Gasteiger partial charge in [0.25, 0.3) is 0 Å². The van der Waals surface area contributed by atoms with Gasteiger partial charge in [-0.15, -0.1) is 0 Å². The average molecular weight is 260 g/mol. The van der Waals surface area contributed by atoms with E-state index in [1.807, 2.05) is 0 Å². The number of hydrogen-bond donors (Lipinski definition) is 0. The zero-order chi connectivity index (χ0) is 14.0. The van der Waals surface area contributed by atoms with Gasteiger partial charge in [-0.1, -0.05) is 18.2 Å². The number of halogens is 3. The van der Waals surface area contributed by atoms with Crippen LogP contribution in [0.2, 0.25) is 0 Å². The van der Waals surface area contributed by atoms with Gasteiger partial charge in [-0.05, 0) is 32.4 Å². The third-order valence-corrected chi connectivity index (χ3v) is 2.70. The molecular formula is C13H15F3O2. The number of ether oxygens (including phenoxy) is 1. The summed E-state index contributed by atoms with van der Waals surface area (Å²) in [5.74, 6) is -0.538. The Morgan fingerprint density at radius 2 is 1.78 bits per heavy atom. The van der Waals surface area contributed by atoms with E-state index in [0.717, 1.165) is 12.1 Å². The topological polar surface area (TPSA) is 26.3 Å². The fraction of sp³-hybridized carbons (Fsp3) is 0.462. The lowest BCUT2D eigenvalue weighted by Gasteiger charge is -2.23. The number of carbonyl (C=O) groups excluding carboxylic acids is 1. The first-order valence-electron chi connectivity index (χ1n) is 5.54. The molecule has 100 valence electrons. The third kappa shape index (κ3) is 3.03. The Morgan fingerprint density at radius 3 is 2.28 bits per heavy atom. The predicted molar refractivity (Wildman–Crippen MR) is 61.1 cm³/mol. The number of alkyl halides is 3. The molecule has 0 bridgehead atoms. The number of esters is 1. The van der Waals surface area contributed by atoms with E-state index in [9.17, 15) is 18.0 Å². The van der Waals surface area contributed by atoms with E-state index in [1.165, 1.54) is 12.1 Å². The molecule has 0 aliphatic heterocycles. The second-order valence-corrected chi connectivity index (χ2v) is 4.42. The number of rotatable bonds is 3. The maximum atomic E-state index is 12.6. The summed E-state index contributed by atoms with van der Waals surface area (Å²) in [4.78, 5) is 11.7. The Kier molecular flexibility index (Phi) is 4.04. The maximum absolute atomic E-state index is 12.6. The van der Waals surface area contributed by atoms with Crippen LogP contribution in [0.5, 0.6) is 0 Å². The first kappa shape index (κ1) is 14.5. The van der Waals surface area contributed by atoms with E-state index in [1.54, 1.807) is 20.8 Å². The minimum Gasteiger partial charge on any atom is -0.465 e. The Labute approximate surface area is 104 Å². The lowest BCUT2D eigenvalue weighted by molar-refractivity contribution is -0.149. The quantitative estimate of drug-likeness (QED) is 0.777. The monoisotopic (exact) mass is 260 g/mol. The van der Waals surface area contributed by atoms with Gasteiger partial charge in [-0.25, -0.2) is 0 Å². The lowest BCUT2D eigenvalue weighted by atomic mass is 9.84. The van der Waals surface area contributed by atoms with Gasteiger partial charge in [-0.2, -0.15) is 13.2 Å². The normalized spacial score (nSPS) is 12.3. The van der Waals surface area contributed by atoms with Crippen LogP contribution >= 0.6 is 0 Å². The average Bonchev–Trinajstić information content (AvgIpc) is 2.28. The first-order chi connectivity index (χ1) is 8.19. The van der Waals surface area contributed by atoms with Crippen LogP contribution in [0, 0.1) is 0 Å². The highest BCUT2D eigenvalue weighted by atomic mass is 19.4. The van der Waals surface area contributed by atoms with Crippen LogP contribution in [0.4, 0.5) is 13.2 Å². The van der Waals surface area contributed by atoms with E-state index in [4.69, 9.17) is 4.74 Å². The zero-order valence-electron chi connectivity index (χ0n) is 10.5. The molecule has 0 atom stereocenters. The molecule has 0 spiro atoms. The molecule has 0 radical (unpaired) electrons. The molecule has 0 saturated carbocycles. The van der Waals surface area contributed by atoms with Gasteiger partial charge in [-0.3, -0.25) is 4.79 Å². The van der Waals surface area contributed by atoms with Crippen LogP contribution in [-0.2, 0) is 21.1 Å². The fourth-order valence-electron chi connectivity index (χ4n) is 1.51. The van der Waals surface area contributed by atoms with Crippen LogP contribution in [0.3, 0.4) is 0 Å². The van der Waals surface area contributed by atoms with Gasteiger partial charge in [0.1, 0.15) is 0 Å². The predicted octanol–water partition coefficient (Wildman–Crippen LogP) is 3.55. The van der Waals surface area contributed by atoms with Crippen LogP contribution < -0.4 is 0 Å². The molecule has 0 N–H and O–H groups in total. The second-order valence-electron chi connectivity index (χ2n) is 4.42. The Bertz CT molecular complexity index is 436. The van der Waals surface area contributed by atoms with Gasteiger partial charge < -0.3 is 4.74 Å². The summed E-state index contributed by atoms with van der Waals surface area (Å²) in [6.07, 6.45) is -4.42. The van der Waals surface area contributed by atoms with Crippen molar-refractivity contribution < 1.29 is 22.7 Å². The van der Waals surface area contributed by atoms with Gasteiger partial charge >= 0.3 is 12.1 Å². The second kappa shape index (κ2) is 5.00. The minimum atomic E-state index is -4.42. The summed E-state index contributed by atoms with van der Waals surface area (Å²) in [5, 5.41) is 0. The van der Waals surface area contributed by atoms with E-state index < -0.39 is 23.1 Å². The van der Waals surface area contributed by atoms with Crippen molar-refractivity contribution in [1.29, 1.82) is 0 Å². The van der Waals surface area contributed by atoms with Crippen LogP contribution in [0.25, 0.3) is 0 Å². The van der Waals surface area contributed by atoms with Crippen molar-refractivity contribution in [3.63, 3.8) is 0 Å². The van der Waals surface area contributed by atoms with Crippen LogP contribution in [-0.4, -0.2) is 12.6 Å². The Balaban J connectivity index is 3.13. The molecule has 1 rings (SSSR count). The molecule has 0 fully saturated rings. The maximum Gasteiger partial charge on any atom is 0.416 e. The molecule has 0 saturated heterocycles. The molecule has 0 amide bonds. The Hall–Kier alpha value is -1.52. The van der Waals surface area contributed by atoms with Crippen molar-refractivity contribution in [1.82, 2.24) is 0 Å². The van der Waals surface area contributed by atoms with Gasteiger partial charge in [0.05, 0.1) is 17.6 Å². The van der Waals surface area contributed by atoms with Crippen molar-refractivity contribution in [2.45, 2.75) is 32.4 Å².